The highest BCUT2D eigenvalue weighted by atomic mass is 79.9. The van der Waals surface area contributed by atoms with Crippen molar-refractivity contribution in [2.75, 3.05) is 23.1 Å². The van der Waals surface area contributed by atoms with Gasteiger partial charge >= 0.3 is 0 Å². The first-order valence-electron chi connectivity index (χ1n) is 6.33. The Bertz CT molecular complexity index is 503. The van der Waals surface area contributed by atoms with Gasteiger partial charge in [-0.15, -0.1) is 0 Å². The summed E-state index contributed by atoms with van der Waals surface area (Å²) in [4.78, 5) is 0. The minimum atomic E-state index is -3.57. The van der Waals surface area contributed by atoms with Crippen LogP contribution in [-0.2, 0) is 19.9 Å². The van der Waals surface area contributed by atoms with Crippen molar-refractivity contribution in [2.45, 2.75) is 38.1 Å². The lowest BCUT2D eigenvalue weighted by Crippen LogP contribution is -2.53. The van der Waals surface area contributed by atoms with Crippen molar-refractivity contribution in [1.29, 1.82) is 0 Å². The van der Waals surface area contributed by atoms with Gasteiger partial charge in [0, 0.05) is 17.1 Å². The van der Waals surface area contributed by atoms with Gasteiger partial charge in [0.05, 0.1) is 11.5 Å². The summed E-state index contributed by atoms with van der Waals surface area (Å²) in [5.74, 6) is -0.227. The molecule has 0 aromatic carbocycles. The van der Waals surface area contributed by atoms with Crippen LogP contribution in [0.2, 0.25) is 0 Å². The smallest absolute Gasteiger partial charge is 0.213 e. The predicted molar refractivity (Wildman–Crippen MR) is 80.8 cm³/mol. The third-order valence-electron chi connectivity index (χ3n) is 3.44. The molecule has 8 heteroatoms. The quantitative estimate of drug-likeness (QED) is 0.709. The first kappa shape index (κ1) is 17.4. The fourth-order valence-corrected chi connectivity index (χ4v) is 6.49. The summed E-state index contributed by atoms with van der Waals surface area (Å²) in [6, 6.07) is 0. The summed E-state index contributed by atoms with van der Waals surface area (Å²) in [7, 11) is -6.83. The van der Waals surface area contributed by atoms with E-state index in [9.17, 15) is 16.8 Å². The Morgan fingerprint density at radius 3 is 2.37 bits per heavy atom. The zero-order valence-corrected chi connectivity index (χ0v) is 14.6. The molecule has 19 heavy (non-hydrogen) atoms. The maximum atomic E-state index is 12.0. The molecule has 0 spiro atoms. The maximum absolute atomic E-state index is 12.0. The van der Waals surface area contributed by atoms with Crippen LogP contribution in [0, 0.1) is 5.92 Å². The molecule has 5 nitrogen and oxygen atoms in total. The minimum Gasteiger partial charge on any atom is -0.229 e. The second-order valence-electron chi connectivity index (χ2n) is 5.67. The zero-order chi connectivity index (χ0) is 14.7. The molecule has 0 amide bonds. The van der Waals surface area contributed by atoms with Crippen molar-refractivity contribution in [3.8, 4) is 0 Å². The number of halogens is 1. The molecule has 114 valence electrons. The number of hydrogen-bond acceptors (Lipinski definition) is 4. The Morgan fingerprint density at radius 1 is 1.26 bits per heavy atom. The van der Waals surface area contributed by atoms with Crippen molar-refractivity contribution in [2.24, 2.45) is 5.92 Å². The van der Waals surface area contributed by atoms with Crippen LogP contribution in [0.15, 0.2) is 0 Å². The van der Waals surface area contributed by atoms with Crippen molar-refractivity contribution < 1.29 is 16.8 Å². The summed E-state index contributed by atoms with van der Waals surface area (Å²) in [5, 5.41) is 0.558. The number of sulfone groups is 1. The normalized spacial score (nSPS) is 29.3. The SMILES string of the molecule is CC1CCCC(CBr)(NS(=O)(=O)CCS(C)(=O)=O)C1. The molecule has 1 fully saturated rings. The average Bonchev–Trinajstić information content (AvgIpc) is 2.25. The molecule has 0 heterocycles. The van der Waals surface area contributed by atoms with Crippen molar-refractivity contribution in [1.82, 2.24) is 4.72 Å². The van der Waals surface area contributed by atoms with Gasteiger partial charge in [0.2, 0.25) is 10.0 Å². The van der Waals surface area contributed by atoms with E-state index in [1.807, 2.05) is 0 Å². The zero-order valence-electron chi connectivity index (χ0n) is 11.4. The lowest BCUT2D eigenvalue weighted by atomic mass is 9.78. The molecule has 0 aromatic rings. The molecule has 1 rings (SSSR count). The molecule has 2 atom stereocenters. The average molecular weight is 376 g/mol. The van der Waals surface area contributed by atoms with Gasteiger partial charge in [-0.1, -0.05) is 35.7 Å². The number of hydrogen-bond donors (Lipinski definition) is 1. The van der Waals surface area contributed by atoms with Crippen molar-refractivity contribution >= 4 is 35.8 Å². The molecular formula is C11H22BrNO4S2. The van der Waals surface area contributed by atoms with Crippen LogP contribution < -0.4 is 4.72 Å². The summed E-state index contributed by atoms with van der Waals surface area (Å²) < 4.78 is 48.9. The van der Waals surface area contributed by atoms with E-state index in [4.69, 9.17) is 0 Å². The molecule has 1 N–H and O–H groups in total. The van der Waals surface area contributed by atoms with Crippen LogP contribution >= 0.6 is 15.9 Å². The highest BCUT2D eigenvalue weighted by Gasteiger charge is 2.37. The molecule has 0 radical (unpaired) electrons. The highest BCUT2D eigenvalue weighted by molar-refractivity contribution is 9.09. The summed E-state index contributed by atoms with van der Waals surface area (Å²) in [6.45, 7) is 2.11. The van der Waals surface area contributed by atoms with Gasteiger partial charge in [0.15, 0.2) is 0 Å². The van der Waals surface area contributed by atoms with Crippen LogP contribution in [-0.4, -0.2) is 45.5 Å². The van der Waals surface area contributed by atoms with E-state index in [1.54, 1.807) is 0 Å². The highest BCUT2D eigenvalue weighted by Crippen LogP contribution is 2.34. The predicted octanol–water partition coefficient (Wildman–Crippen LogP) is 1.29. The van der Waals surface area contributed by atoms with Gasteiger partial charge < -0.3 is 0 Å². The summed E-state index contributed by atoms with van der Waals surface area (Å²) >= 11 is 3.39. The van der Waals surface area contributed by atoms with E-state index in [1.165, 1.54) is 0 Å². The van der Waals surface area contributed by atoms with E-state index in [2.05, 4.69) is 27.6 Å². The number of rotatable bonds is 6. The Labute approximate surface area is 124 Å². The molecule has 1 aliphatic carbocycles. The molecule has 0 bridgehead atoms. The van der Waals surface area contributed by atoms with Crippen LogP contribution in [0.25, 0.3) is 0 Å². The topological polar surface area (TPSA) is 80.3 Å². The first-order chi connectivity index (χ1) is 8.58. The van der Waals surface area contributed by atoms with Gasteiger partial charge in [-0.05, 0) is 18.8 Å². The van der Waals surface area contributed by atoms with E-state index >= 15 is 0 Å². The van der Waals surface area contributed by atoms with Crippen LogP contribution in [0.5, 0.6) is 0 Å². The van der Waals surface area contributed by atoms with E-state index in [0.717, 1.165) is 31.9 Å². The maximum Gasteiger partial charge on any atom is 0.213 e. The Kier molecular flexibility index (Phi) is 5.86. The fourth-order valence-electron chi connectivity index (χ4n) is 2.54. The van der Waals surface area contributed by atoms with E-state index in [0.29, 0.717) is 11.2 Å². The Hall–Kier alpha value is 0.340. The standard InChI is InChI=1S/C11H22BrNO4S2/c1-10-4-3-5-11(8-10,9-12)13-19(16,17)7-6-18(2,14)15/h10,13H,3-9H2,1-2H3. The van der Waals surface area contributed by atoms with Crippen molar-refractivity contribution in [3.63, 3.8) is 0 Å². The van der Waals surface area contributed by atoms with Gasteiger partial charge in [-0.3, -0.25) is 0 Å². The lowest BCUT2D eigenvalue weighted by molar-refractivity contribution is 0.242. The Balaban J connectivity index is 2.74. The van der Waals surface area contributed by atoms with Crippen LogP contribution in [0.1, 0.15) is 32.6 Å². The van der Waals surface area contributed by atoms with Gasteiger partial charge in [0.1, 0.15) is 9.84 Å². The number of sulfonamides is 1. The summed E-state index contributed by atoms with van der Waals surface area (Å²) in [6.07, 6.45) is 4.73. The van der Waals surface area contributed by atoms with E-state index in [-0.39, 0.29) is 11.5 Å². The molecule has 2 unspecified atom stereocenters. The molecule has 0 aliphatic heterocycles. The third-order valence-corrected chi connectivity index (χ3v) is 7.21. The lowest BCUT2D eigenvalue weighted by Gasteiger charge is -2.39. The number of nitrogens with one attached hydrogen (secondary N) is 1. The Morgan fingerprint density at radius 2 is 1.89 bits per heavy atom. The number of alkyl halides is 1. The van der Waals surface area contributed by atoms with Crippen LogP contribution in [0.3, 0.4) is 0 Å². The first-order valence-corrected chi connectivity index (χ1v) is 11.2. The molecule has 1 saturated carbocycles. The monoisotopic (exact) mass is 375 g/mol. The summed E-state index contributed by atoms with van der Waals surface area (Å²) in [5.41, 5.74) is -0.464. The third kappa shape index (κ3) is 6.10. The molecule has 1 aliphatic rings. The minimum absolute atomic E-state index is 0.337. The molecule has 0 saturated heterocycles. The van der Waals surface area contributed by atoms with Gasteiger partial charge in [-0.2, -0.15) is 0 Å². The van der Waals surface area contributed by atoms with Gasteiger partial charge in [0.25, 0.3) is 0 Å². The van der Waals surface area contributed by atoms with Crippen LogP contribution in [0.4, 0.5) is 0 Å². The molecular weight excluding hydrogens is 354 g/mol. The fraction of sp³-hybridized carbons (Fsp3) is 1.00. The van der Waals surface area contributed by atoms with Crippen molar-refractivity contribution in [3.05, 3.63) is 0 Å². The second kappa shape index (κ2) is 6.41. The molecule has 0 aromatic heterocycles. The second-order valence-corrected chi connectivity index (χ2v) is 10.3. The van der Waals surface area contributed by atoms with E-state index < -0.39 is 25.4 Å². The van der Waals surface area contributed by atoms with Gasteiger partial charge in [-0.25, -0.2) is 21.6 Å². The largest absolute Gasteiger partial charge is 0.229 e.